The molecule has 2 aromatic rings. The van der Waals surface area contributed by atoms with Crippen LogP contribution in [0.3, 0.4) is 0 Å². The molecule has 0 bridgehead atoms. The molecule has 144 valence electrons. The van der Waals surface area contributed by atoms with E-state index in [1.807, 2.05) is 6.07 Å². The fourth-order valence-electron chi connectivity index (χ4n) is 3.12. The number of primary amides is 1. The number of amides is 1. The van der Waals surface area contributed by atoms with Crippen LogP contribution >= 0.6 is 0 Å². The van der Waals surface area contributed by atoms with E-state index in [0.717, 1.165) is 24.8 Å². The Kier molecular flexibility index (Phi) is 4.56. The Hall–Kier alpha value is -3.62. The molecule has 0 unspecified atom stereocenters. The summed E-state index contributed by atoms with van der Waals surface area (Å²) < 4.78 is 21.2. The maximum atomic E-state index is 15.5. The number of hydrogen-bond acceptors (Lipinski definition) is 7. The van der Waals surface area contributed by atoms with Gasteiger partial charge in [-0.2, -0.15) is 4.98 Å². The van der Waals surface area contributed by atoms with Crippen LogP contribution in [0.5, 0.6) is 11.8 Å². The van der Waals surface area contributed by atoms with Crippen LogP contribution in [0, 0.1) is 5.82 Å². The van der Waals surface area contributed by atoms with Gasteiger partial charge in [0.15, 0.2) is 11.6 Å². The first-order valence-corrected chi connectivity index (χ1v) is 8.85. The van der Waals surface area contributed by atoms with E-state index >= 15 is 4.39 Å². The summed E-state index contributed by atoms with van der Waals surface area (Å²) >= 11 is 0. The summed E-state index contributed by atoms with van der Waals surface area (Å²) in [4.78, 5) is 20.9. The van der Waals surface area contributed by atoms with E-state index in [9.17, 15) is 4.79 Å². The fourth-order valence-corrected chi connectivity index (χ4v) is 3.12. The summed E-state index contributed by atoms with van der Waals surface area (Å²) in [7, 11) is 0. The van der Waals surface area contributed by atoms with Crippen LogP contribution in [0.4, 0.5) is 10.1 Å². The van der Waals surface area contributed by atoms with Crippen LogP contribution in [-0.4, -0.2) is 15.9 Å². The quantitative estimate of drug-likeness (QED) is 0.726. The molecule has 5 N–H and O–H groups in total. The summed E-state index contributed by atoms with van der Waals surface area (Å²) in [5.41, 5.74) is 12.0. The number of carbonyl (C=O) groups is 1. The molecular weight excluding hydrogens is 363 g/mol. The van der Waals surface area contributed by atoms with Gasteiger partial charge in [0.2, 0.25) is 0 Å². The Morgan fingerprint density at radius 2 is 2.14 bits per heavy atom. The molecule has 9 heteroatoms. The van der Waals surface area contributed by atoms with Gasteiger partial charge < -0.3 is 26.4 Å². The minimum absolute atomic E-state index is 0.00694. The molecule has 2 heterocycles. The van der Waals surface area contributed by atoms with E-state index in [4.69, 9.17) is 16.2 Å². The van der Waals surface area contributed by atoms with Crippen LogP contribution < -0.4 is 26.4 Å². The third-order valence-electron chi connectivity index (χ3n) is 4.77. The van der Waals surface area contributed by atoms with Crippen molar-refractivity contribution in [2.45, 2.75) is 25.2 Å². The second kappa shape index (κ2) is 7.18. The van der Waals surface area contributed by atoms with E-state index in [1.54, 1.807) is 29.6 Å². The van der Waals surface area contributed by atoms with Crippen molar-refractivity contribution >= 4 is 11.6 Å². The first-order valence-electron chi connectivity index (χ1n) is 8.85. The fraction of sp³-hybridized carbons (Fsp3) is 0.211. The first-order chi connectivity index (χ1) is 13.5. The minimum atomic E-state index is -0.716. The van der Waals surface area contributed by atoms with Gasteiger partial charge in [0, 0.05) is 30.4 Å². The normalized spacial score (nSPS) is 16.2. The van der Waals surface area contributed by atoms with Gasteiger partial charge in [-0.3, -0.25) is 4.79 Å². The number of hydrogen-bond donors (Lipinski definition) is 3. The van der Waals surface area contributed by atoms with Gasteiger partial charge in [-0.15, -0.1) is 0 Å². The van der Waals surface area contributed by atoms with Gasteiger partial charge in [0.25, 0.3) is 5.91 Å². The number of nitrogens with zero attached hydrogens (tertiary/aromatic N) is 3. The Labute approximate surface area is 160 Å². The zero-order valence-corrected chi connectivity index (χ0v) is 14.9. The van der Waals surface area contributed by atoms with Crippen molar-refractivity contribution in [2.24, 2.45) is 11.5 Å². The number of anilines is 1. The summed E-state index contributed by atoms with van der Waals surface area (Å²) in [6.45, 7) is 0. The van der Waals surface area contributed by atoms with Crippen molar-refractivity contribution in [1.29, 1.82) is 0 Å². The molecule has 1 aliphatic heterocycles. The third-order valence-corrected chi connectivity index (χ3v) is 4.77. The lowest BCUT2D eigenvalue weighted by atomic mass is 9.79. The molecule has 4 rings (SSSR count). The number of nitrogens with two attached hydrogens (primary N) is 2. The standard InChI is InChI=1S/C19H19FN6O2/c20-16-14(26-9-8-23-15(21)10-26)5-4-12(11-2-1-3-11)17(16)28-19-24-7-6-13(25-19)18(22)27/h4-11,23H,1-3,21H2,(H2,22,27). The smallest absolute Gasteiger partial charge is 0.322 e. The van der Waals surface area contributed by atoms with Crippen molar-refractivity contribution in [3.05, 3.63) is 65.9 Å². The zero-order chi connectivity index (χ0) is 19.7. The van der Waals surface area contributed by atoms with E-state index in [1.165, 1.54) is 12.3 Å². The SMILES string of the molecule is NC(=O)c1ccnc(Oc2c(C3CCC3)ccc(N3C=CNC(N)=C3)c2F)n1. The van der Waals surface area contributed by atoms with Crippen LogP contribution in [0.15, 0.2) is 48.8 Å². The third kappa shape index (κ3) is 3.34. The summed E-state index contributed by atoms with van der Waals surface area (Å²) in [6, 6.07) is 4.76. The van der Waals surface area contributed by atoms with Crippen molar-refractivity contribution < 1.29 is 13.9 Å². The molecule has 1 saturated carbocycles. The van der Waals surface area contributed by atoms with Crippen molar-refractivity contribution in [3.8, 4) is 11.8 Å². The zero-order valence-electron chi connectivity index (χ0n) is 14.9. The summed E-state index contributed by atoms with van der Waals surface area (Å²) in [6.07, 6.45) is 9.15. The molecule has 2 aliphatic rings. The predicted molar refractivity (Wildman–Crippen MR) is 101 cm³/mol. The molecule has 1 aromatic heterocycles. The summed E-state index contributed by atoms with van der Waals surface area (Å²) in [5.74, 6) is -0.648. The Bertz CT molecular complexity index is 986. The molecule has 1 amide bonds. The van der Waals surface area contributed by atoms with Crippen LogP contribution in [0.2, 0.25) is 0 Å². The number of nitrogens with one attached hydrogen (secondary N) is 1. The number of halogens is 1. The average Bonchev–Trinajstić information content (AvgIpc) is 2.63. The highest BCUT2D eigenvalue weighted by molar-refractivity contribution is 5.90. The van der Waals surface area contributed by atoms with E-state index < -0.39 is 11.7 Å². The highest BCUT2D eigenvalue weighted by Gasteiger charge is 2.28. The molecule has 1 aliphatic carbocycles. The molecule has 0 spiro atoms. The van der Waals surface area contributed by atoms with Crippen molar-refractivity contribution in [3.63, 3.8) is 0 Å². The maximum absolute atomic E-state index is 15.5. The molecule has 0 radical (unpaired) electrons. The highest BCUT2D eigenvalue weighted by atomic mass is 19.1. The lowest BCUT2D eigenvalue weighted by Crippen LogP contribution is -2.25. The Morgan fingerprint density at radius 1 is 1.32 bits per heavy atom. The first kappa shape index (κ1) is 17.8. The van der Waals surface area contributed by atoms with Crippen molar-refractivity contribution in [1.82, 2.24) is 15.3 Å². The number of benzene rings is 1. The van der Waals surface area contributed by atoms with E-state index in [0.29, 0.717) is 5.82 Å². The van der Waals surface area contributed by atoms with E-state index in [-0.39, 0.29) is 29.1 Å². The molecule has 1 fully saturated rings. The Balaban J connectivity index is 1.76. The lowest BCUT2D eigenvalue weighted by molar-refractivity contribution is 0.0994. The average molecular weight is 382 g/mol. The molecular formula is C19H19FN6O2. The van der Waals surface area contributed by atoms with Crippen LogP contribution in [0.25, 0.3) is 0 Å². The Morgan fingerprint density at radius 3 is 2.82 bits per heavy atom. The maximum Gasteiger partial charge on any atom is 0.322 e. The second-order valence-corrected chi connectivity index (χ2v) is 6.59. The predicted octanol–water partition coefficient (Wildman–Crippen LogP) is 2.41. The number of aromatic nitrogens is 2. The van der Waals surface area contributed by atoms with Gasteiger partial charge in [-0.25, -0.2) is 9.37 Å². The monoisotopic (exact) mass is 382 g/mol. The van der Waals surface area contributed by atoms with Crippen molar-refractivity contribution in [2.75, 3.05) is 4.90 Å². The highest BCUT2D eigenvalue weighted by Crippen LogP contribution is 2.45. The lowest BCUT2D eigenvalue weighted by Gasteiger charge is -2.29. The van der Waals surface area contributed by atoms with Crippen LogP contribution in [0.1, 0.15) is 41.2 Å². The van der Waals surface area contributed by atoms with Gasteiger partial charge >= 0.3 is 6.01 Å². The molecule has 8 nitrogen and oxygen atoms in total. The molecule has 28 heavy (non-hydrogen) atoms. The topological polar surface area (TPSA) is 119 Å². The molecule has 0 atom stereocenters. The van der Waals surface area contributed by atoms with E-state index in [2.05, 4.69) is 15.3 Å². The number of rotatable bonds is 5. The minimum Gasteiger partial charge on any atom is -0.421 e. The molecule has 0 saturated heterocycles. The molecule has 1 aromatic carbocycles. The van der Waals surface area contributed by atoms with Gasteiger partial charge in [-0.05, 0) is 30.9 Å². The second-order valence-electron chi connectivity index (χ2n) is 6.59. The van der Waals surface area contributed by atoms with Gasteiger partial charge in [0.1, 0.15) is 11.5 Å². The number of ether oxygens (including phenoxy) is 1. The summed E-state index contributed by atoms with van der Waals surface area (Å²) in [5, 5.41) is 2.82. The van der Waals surface area contributed by atoms with Gasteiger partial charge in [0.05, 0.1) is 5.69 Å². The van der Waals surface area contributed by atoms with Crippen LogP contribution in [-0.2, 0) is 0 Å². The largest absolute Gasteiger partial charge is 0.421 e. The van der Waals surface area contributed by atoms with Gasteiger partial charge in [-0.1, -0.05) is 12.5 Å². The number of carbonyl (C=O) groups excluding carboxylic acids is 1.